The minimum atomic E-state index is -1.25. The Morgan fingerprint density at radius 2 is 1.95 bits per heavy atom. The van der Waals surface area contributed by atoms with Crippen molar-refractivity contribution in [1.82, 2.24) is 20.0 Å². The van der Waals surface area contributed by atoms with Crippen molar-refractivity contribution in [3.63, 3.8) is 0 Å². The zero-order chi connectivity index (χ0) is 27.4. The molecule has 0 radical (unpaired) electrons. The molecule has 2 aliphatic rings. The average Bonchev–Trinajstić information content (AvgIpc) is 3.36. The number of halogens is 4. The molecule has 2 N–H and O–H groups in total. The topological polar surface area (TPSA) is 98.8 Å². The average molecular weight is 553 g/mol. The van der Waals surface area contributed by atoms with Crippen LogP contribution in [0.25, 0.3) is 0 Å². The molecule has 0 aliphatic carbocycles. The smallest absolute Gasteiger partial charge is 0.410 e. The number of carbonyl (C=O) groups excluding carboxylic acids is 1. The van der Waals surface area contributed by atoms with Crippen LogP contribution in [0, 0.1) is 17.5 Å². The number of benzene rings is 1. The van der Waals surface area contributed by atoms with E-state index in [1.807, 2.05) is 6.92 Å². The molecular weight excluding hydrogens is 525 g/mol. The number of aromatic amines is 1. The Kier molecular flexibility index (Phi) is 8.47. The number of amides is 1. The van der Waals surface area contributed by atoms with Gasteiger partial charge in [0.2, 0.25) is 0 Å². The van der Waals surface area contributed by atoms with Gasteiger partial charge in [-0.15, -0.1) is 0 Å². The minimum Gasteiger partial charge on any atom is -0.478 e. The number of carboxylic acids is 1. The maximum absolute atomic E-state index is 14.2. The number of carboxylic acid groups (broad SMARTS) is 1. The van der Waals surface area contributed by atoms with Crippen molar-refractivity contribution >= 4 is 23.7 Å². The summed E-state index contributed by atoms with van der Waals surface area (Å²) in [6, 6.07) is 1.34. The van der Waals surface area contributed by atoms with Crippen LogP contribution in [0.2, 0.25) is 5.15 Å². The van der Waals surface area contributed by atoms with Gasteiger partial charge in [0.1, 0.15) is 11.4 Å². The molecule has 1 aromatic carbocycles. The Morgan fingerprint density at radius 1 is 1.24 bits per heavy atom. The van der Waals surface area contributed by atoms with E-state index in [0.717, 1.165) is 6.07 Å². The monoisotopic (exact) mass is 552 g/mol. The maximum atomic E-state index is 14.2. The molecule has 3 heterocycles. The molecule has 2 aromatic rings. The molecule has 8 nitrogen and oxygen atoms in total. The fourth-order valence-electron chi connectivity index (χ4n) is 4.76. The summed E-state index contributed by atoms with van der Waals surface area (Å²) in [5.41, 5.74) is 0.664. The quantitative estimate of drug-likeness (QED) is 0.262. The number of hydrogen-bond acceptors (Lipinski definition) is 5. The summed E-state index contributed by atoms with van der Waals surface area (Å²) in [5.74, 6) is -4.27. The lowest BCUT2D eigenvalue weighted by molar-refractivity contribution is -0.132. The molecule has 1 amide bonds. The van der Waals surface area contributed by atoms with Crippen molar-refractivity contribution in [3.05, 3.63) is 75.4 Å². The Balaban J connectivity index is 1.35. The van der Waals surface area contributed by atoms with E-state index in [-0.39, 0.29) is 29.3 Å². The van der Waals surface area contributed by atoms with Crippen LogP contribution in [0.4, 0.5) is 18.0 Å². The molecule has 0 unspecified atom stereocenters. The number of carbonyl (C=O) groups is 2. The third-order valence-corrected chi connectivity index (χ3v) is 7.16. The number of nitrogens with one attached hydrogen (secondary N) is 1. The Labute approximate surface area is 222 Å². The zero-order valence-corrected chi connectivity index (χ0v) is 21.5. The largest absolute Gasteiger partial charge is 0.478 e. The summed E-state index contributed by atoms with van der Waals surface area (Å²) in [5, 5.41) is 16.2. The third kappa shape index (κ3) is 6.21. The fraction of sp³-hybridized carbons (Fsp3) is 0.423. The van der Waals surface area contributed by atoms with E-state index in [2.05, 4.69) is 15.1 Å². The highest BCUT2D eigenvalue weighted by Gasteiger charge is 2.46. The van der Waals surface area contributed by atoms with Crippen LogP contribution in [0.1, 0.15) is 43.0 Å². The molecule has 1 aromatic heterocycles. The van der Waals surface area contributed by atoms with Gasteiger partial charge in [-0.3, -0.25) is 10.00 Å². The Bertz CT molecular complexity index is 1270. The molecule has 0 saturated carbocycles. The van der Waals surface area contributed by atoms with Gasteiger partial charge in [-0.05, 0) is 18.1 Å². The van der Waals surface area contributed by atoms with E-state index in [1.54, 1.807) is 17.1 Å². The number of piperidine rings is 1. The molecule has 0 atom stereocenters. The summed E-state index contributed by atoms with van der Waals surface area (Å²) < 4.78 is 46.8. The number of ether oxygens (including phenoxy) is 1. The molecule has 12 heteroatoms. The normalized spacial score (nSPS) is 18.1. The van der Waals surface area contributed by atoms with Crippen molar-refractivity contribution in [2.45, 2.75) is 44.8 Å². The number of allylic oxidation sites excluding steroid dienone is 1. The standard InChI is InChI=1S/C26H28ClF3N4O4/c1-2-4-16(24(35)36)5-3-8-34-15-26(38-25(34)37)6-9-33(10-7-26)14-18-22(31-32-23(18)27)12-17-11-20(29)21(30)13-19(17)28/h3-5,11,13H,2,6-10,12,14-15H2,1H3,(H,31,32)(H,35,36)/b5-3-,16-4+. The molecule has 2 saturated heterocycles. The van der Waals surface area contributed by atoms with E-state index in [4.69, 9.17) is 16.3 Å². The van der Waals surface area contributed by atoms with Crippen LogP contribution in [-0.4, -0.2) is 68.9 Å². The predicted molar refractivity (Wildman–Crippen MR) is 133 cm³/mol. The number of hydrogen-bond donors (Lipinski definition) is 2. The molecule has 38 heavy (non-hydrogen) atoms. The van der Waals surface area contributed by atoms with Crippen LogP contribution >= 0.6 is 11.6 Å². The van der Waals surface area contributed by atoms with Gasteiger partial charge in [0.05, 0.1) is 12.1 Å². The molecule has 2 aliphatic heterocycles. The van der Waals surface area contributed by atoms with E-state index in [0.29, 0.717) is 62.8 Å². The van der Waals surface area contributed by atoms with Crippen molar-refractivity contribution < 1.29 is 32.6 Å². The highest BCUT2D eigenvalue weighted by Crippen LogP contribution is 2.34. The van der Waals surface area contributed by atoms with Crippen LogP contribution < -0.4 is 0 Å². The third-order valence-electron chi connectivity index (χ3n) is 6.84. The van der Waals surface area contributed by atoms with Crippen LogP contribution in [0.15, 0.2) is 35.9 Å². The SMILES string of the molecule is CC/C=C(\C=C/CN1CC2(CCN(Cc3c(Cl)n[nH]c3Cc3cc(F)c(F)cc3F)CC2)OC1=O)C(=O)O. The van der Waals surface area contributed by atoms with Crippen molar-refractivity contribution in [1.29, 1.82) is 0 Å². The van der Waals surface area contributed by atoms with Crippen molar-refractivity contribution in [2.24, 2.45) is 0 Å². The lowest BCUT2D eigenvalue weighted by Crippen LogP contribution is -2.46. The number of H-pyrrole nitrogens is 1. The number of nitrogens with zero attached hydrogens (tertiary/aromatic N) is 3. The van der Waals surface area contributed by atoms with Crippen LogP contribution in [-0.2, 0) is 22.5 Å². The summed E-state index contributed by atoms with van der Waals surface area (Å²) in [7, 11) is 0. The van der Waals surface area contributed by atoms with Gasteiger partial charge < -0.3 is 14.7 Å². The first kappa shape index (κ1) is 27.7. The second-order valence-corrected chi connectivity index (χ2v) is 9.85. The van der Waals surface area contributed by atoms with E-state index >= 15 is 0 Å². The van der Waals surface area contributed by atoms with Gasteiger partial charge in [0, 0.05) is 62.8 Å². The van der Waals surface area contributed by atoms with Gasteiger partial charge in [-0.25, -0.2) is 22.8 Å². The van der Waals surface area contributed by atoms with Gasteiger partial charge in [-0.1, -0.05) is 36.8 Å². The number of aromatic nitrogens is 2. The van der Waals surface area contributed by atoms with Gasteiger partial charge >= 0.3 is 12.1 Å². The Morgan fingerprint density at radius 3 is 2.63 bits per heavy atom. The first-order chi connectivity index (χ1) is 18.1. The highest BCUT2D eigenvalue weighted by molar-refractivity contribution is 6.30. The van der Waals surface area contributed by atoms with Crippen LogP contribution in [0.3, 0.4) is 0 Å². The van der Waals surface area contributed by atoms with Gasteiger partial charge in [0.15, 0.2) is 16.8 Å². The lowest BCUT2D eigenvalue weighted by Gasteiger charge is -2.37. The second-order valence-electron chi connectivity index (χ2n) is 9.49. The zero-order valence-electron chi connectivity index (χ0n) is 20.8. The van der Waals surface area contributed by atoms with Gasteiger partial charge in [0.25, 0.3) is 0 Å². The molecule has 204 valence electrons. The Hall–Kier alpha value is -3.31. The number of rotatable bonds is 9. The highest BCUT2D eigenvalue weighted by atomic mass is 35.5. The molecule has 1 spiro atoms. The van der Waals surface area contributed by atoms with Crippen LogP contribution in [0.5, 0.6) is 0 Å². The summed E-state index contributed by atoms with van der Waals surface area (Å²) >= 11 is 6.28. The predicted octanol–water partition coefficient (Wildman–Crippen LogP) is 4.84. The van der Waals surface area contributed by atoms with Crippen molar-refractivity contribution in [2.75, 3.05) is 26.2 Å². The molecule has 2 fully saturated rings. The molecule has 0 bridgehead atoms. The first-order valence-corrected chi connectivity index (χ1v) is 12.6. The molecule has 4 rings (SSSR count). The number of aliphatic carboxylic acids is 1. The summed E-state index contributed by atoms with van der Waals surface area (Å²) in [6.07, 6.45) is 6.01. The number of likely N-dealkylation sites (tertiary alicyclic amines) is 1. The first-order valence-electron chi connectivity index (χ1n) is 12.3. The minimum absolute atomic E-state index is 0.0178. The molecular formula is C26H28ClF3N4O4. The lowest BCUT2D eigenvalue weighted by atomic mass is 9.91. The van der Waals surface area contributed by atoms with Gasteiger partial charge in [-0.2, -0.15) is 5.10 Å². The summed E-state index contributed by atoms with van der Waals surface area (Å²) in [6.45, 7) is 4.08. The summed E-state index contributed by atoms with van der Waals surface area (Å²) in [4.78, 5) is 27.4. The van der Waals surface area contributed by atoms with E-state index < -0.39 is 35.1 Å². The second kappa shape index (κ2) is 11.6. The van der Waals surface area contributed by atoms with E-state index in [9.17, 15) is 27.9 Å². The maximum Gasteiger partial charge on any atom is 0.410 e. The fourth-order valence-corrected chi connectivity index (χ4v) is 4.98. The van der Waals surface area contributed by atoms with Crippen molar-refractivity contribution in [3.8, 4) is 0 Å². The van der Waals surface area contributed by atoms with E-state index in [1.165, 1.54) is 6.08 Å².